The molecule has 0 aromatic heterocycles. The first kappa shape index (κ1) is 21.0. The molecule has 1 atom stereocenters. The molecular weight excluding hydrogens is 402 g/mol. The van der Waals surface area contributed by atoms with E-state index in [0.29, 0.717) is 24.4 Å². The Kier molecular flexibility index (Phi) is 5.66. The molecule has 6 rings (SSSR count). The number of nitrogens with one attached hydrogen (secondary N) is 1. The zero-order valence-electron chi connectivity index (χ0n) is 18.3. The van der Waals surface area contributed by atoms with Gasteiger partial charge < -0.3 is 15.2 Å². The summed E-state index contributed by atoms with van der Waals surface area (Å²) < 4.78 is 5.82. The van der Waals surface area contributed by atoms with Gasteiger partial charge in [0.05, 0.1) is 0 Å². The first-order valence-corrected chi connectivity index (χ1v) is 11.8. The van der Waals surface area contributed by atoms with Gasteiger partial charge >= 0.3 is 5.97 Å². The normalized spacial score (nSPS) is 28.8. The number of ether oxygens (including phenoxy) is 1. The molecular formula is C27H31NO4. The summed E-state index contributed by atoms with van der Waals surface area (Å²) in [5, 5.41) is 12.7. The van der Waals surface area contributed by atoms with E-state index < -0.39 is 12.0 Å². The maximum absolute atomic E-state index is 13.3. The molecule has 1 amide bonds. The Morgan fingerprint density at radius 2 is 1.50 bits per heavy atom. The molecule has 2 N–H and O–H groups in total. The molecule has 0 saturated heterocycles. The fourth-order valence-corrected chi connectivity index (χ4v) is 6.60. The third-order valence-corrected chi connectivity index (χ3v) is 7.73. The lowest BCUT2D eigenvalue weighted by Crippen LogP contribution is -2.56. The van der Waals surface area contributed by atoms with Crippen molar-refractivity contribution in [3.63, 3.8) is 0 Å². The Bertz CT molecular complexity index is 934. The van der Waals surface area contributed by atoms with Crippen molar-refractivity contribution in [1.82, 2.24) is 5.32 Å². The lowest BCUT2D eigenvalue weighted by atomic mass is 9.49. The summed E-state index contributed by atoms with van der Waals surface area (Å²) in [5.41, 5.74) is 1.63. The number of hydrogen-bond acceptors (Lipinski definition) is 3. The van der Waals surface area contributed by atoms with Crippen LogP contribution in [0.25, 0.3) is 0 Å². The van der Waals surface area contributed by atoms with E-state index in [2.05, 4.69) is 5.32 Å². The highest BCUT2D eigenvalue weighted by Crippen LogP contribution is 2.60. The van der Waals surface area contributed by atoms with Gasteiger partial charge in [-0.25, -0.2) is 4.79 Å². The molecule has 4 saturated carbocycles. The zero-order chi connectivity index (χ0) is 22.1. The van der Waals surface area contributed by atoms with E-state index in [4.69, 9.17) is 4.74 Å². The highest BCUT2D eigenvalue weighted by atomic mass is 16.5. The first-order valence-electron chi connectivity index (χ1n) is 11.8. The maximum atomic E-state index is 13.3. The van der Waals surface area contributed by atoms with E-state index in [0.717, 1.165) is 36.1 Å². The molecule has 0 spiro atoms. The van der Waals surface area contributed by atoms with Crippen molar-refractivity contribution in [1.29, 1.82) is 0 Å². The van der Waals surface area contributed by atoms with Gasteiger partial charge in [-0.3, -0.25) is 4.79 Å². The van der Waals surface area contributed by atoms with Gasteiger partial charge in [0.15, 0.2) is 0 Å². The van der Waals surface area contributed by atoms with Crippen LogP contribution in [0.4, 0.5) is 0 Å². The Balaban J connectivity index is 1.20. The molecule has 32 heavy (non-hydrogen) atoms. The molecule has 0 aliphatic heterocycles. The quantitative estimate of drug-likeness (QED) is 0.638. The molecule has 4 fully saturated rings. The molecule has 2 aromatic rings. The fraction of sp³-hybridized carbons (Fsp3) is 0.481. The van der Waals surface area contributed by atoms with Crippen LogP contribution >= 0.6 is 0 Å². The van der Waals surface area contributed by atoms with E-state index in [-0.39, 0.29) is 17.7 Å². The molecule has 4 aliphatic rings. The van der Waals surface area contributed by atoms with E-state index in [1.54, 1.807) is 0 Å². The highest BCUT2D eigenvalue weighted by Gasteiger charge is 2.54. The number of benzene rings is 2. The third-order valence-electron chi connectivity index (χ3n) is 7.73. The molecule has 2 aromatic carbocycles. The van der Waals surface area contributed by atoms with E-state index >= 15 is 0 Å². The number of carbonyl (C=O) groups is 2. The van der Waals surface area contributed by atoms with Crippen molar-refractivity contribution in [2.24, 2.45) is 23.2 Å². The summed E-state index contributed by atoms with van der Waals surface area (Å²) in [6.07, 6.45) is 6.85. The Morgan fingerprint density at radius 3 is 2.06 bits per heavy atom. The second-order valence-corrected chi connectivity index (χ2v) is 10.2. The minimum atomic E-state index is -0.979. The van der Waals surface area contributed by atoms with Crippen molar-refractivity contribution < 1.29 is 19.4 Å². The van der Waals surface area contributed by atoms with Gasteiger partial charge in [-0.15, -0.1) is 0 Å². The van der Waals surface area contributed by atoms with Crippen molar-refractivity contribution in [2.75, 3.05) is 0 Å². The minimum absolute atomic E-state index is 0.0354. The monoisotopic (exact) mass is 433 g/mol. The molecule has 168 valence electrons. The summed E-state index contributed by atoms with van der Waals surface area (Å²) in [4.78, 5) is 25.2. The second kappa shape index (κ2) is 8.61. The third kappa shape index (κ3) is 4.38. The molecule has 0 radical (unpaired) electrons. The number of carbonyl (C=O) groups excluding carboxylic acids is 1. The summed E-state index contributed by atoms with van der Waals surface area (Å²) in [7, 11) is 0. The van der Waals surface area contributed by atoms with Crippen LogP contribution in [0.2, 0.25) is 0 Å². The largest absolute Gasteiger partial charge is 0.489 e. The van der Waals surface area contributed by atoms with Crippen molar-refractivity contribution in [3.05, 3.63) is 65.7 Å². The van der Waals surface area contributed by atoms with Crippen LogP contribution in [-0.2, 0) is 22.6 Å². The van der Waals surface area contributed by atoms with Crippen LogP contribution < -0.4 is 10.1 Å². The zero-order valence-corrected chi connectivity index (χ0v) is 18.3. The van der Waals surface area contributed by atoms with Gasteiger partial charge in [-0.1, -0.05) is 42.5 Å². The summed E-state index contributed by atoms with van der Waals surface area (Å²) in [6.45, 7) is 0.485. The SMILES string of the molecule is O=C(O)[C@@H](Cc1ccc(OCc2ccccc2)cc1)NC(=O)C12CC3CC(CC(C3)C1)C2. The first-order chi connectivity index (χ1) is 15.5. The Labute approximate surface area is 189 Å². The Morgan fingerprint density at radius 1 is 0.906 bits per heavy atom. The topological polar surface area (TPSA) is 75.6 Å². The van der Waals surface area contributed by atoms with Crippen LogP contribution in [0.3, 0.4) is 0 Å². The van der Waals surface area contributed by atoms with Crippen LogP contribution in [0.1, 0.15) is 49.7 Å². The average Bonchev–Trinajstić information content (AvgIpc) is 2.78. The Hall–Kier alpha value is -2.82. The number of carboxylic acid groups (broad SMARTS) is 1. The van der Waals surface area contributed by atoms with Crippen LogP contribution in [0, 0.1) is 23.2 Å². The van der Waals surface area contributed by atoms with Crippen LogP contribution in [-0.4, -0.2) is 23.0 Å². The van der Waals surface area contributed by atoms with Crippen molar-refractivity contribution in [2.45, 2.75) is 57.6 Å². The van der Waals surface area contributed by atoms with Crippen molar-refractivity contribution >= 4 is 11.9 Å². The van der Waals surface area contributed by atoms with E-state index in [1.807, 2.05) is 54.6 Å². The van der Waals surface area contributed by atoms with Crippen molar-refractivity contribution in [3.8, 4) is 5.75 Å². The van der Waals surface area contributed by atoms with Gasteiger partial charge in [0, 0.05) is 11.8 Å². The van der Waals surface area contributed by atoms with Gasteiger partial charge in [0.1, 0.15) is 18.4 Å². The average molecular weight is 434 g/mol. The molecule has 0 heterocycles. The number of hydrogen-bond donors (Lipinski definition) is 2. The number of carboxylic acids is 1. The molecule has 5 nitrogen and oxygen atoms in total. The second-order valence-electron chi connectivity index (χ2n) is 10.2. The highest BCUT2D eigenvalue weighted by molar-refractivity contribution is 5.88. The van der Waals surface area contributed by atoms with Gasteiger partial charge in [0.2, 0.25) is 5.91 Å². The molecule has 4 aliphatic carbocycles. The molecule has 4 bridgehead atoms. The fourth-order valence-electron chi connectivity index (χ4n) is 6.60. The lowest BCUT2D eigenvalue weighted by molar-refractivity contribution is -0.151. The predicted molar refractivity (Wildman–Crippen MR) is 121 cm³/mol. The van der Waals surface area contributed by atoms with E-state index in [1.165, 1.54) is 19.3 Å². The number of aliphatic carboxylic acids is 1. The number of amides is 1. The van der Waals surface area contributed by atoms with Gasteiger partial charge in [0.25, 0.3) is 0 Å². The maximum Gasteiger partial charge on any atom is 0.326 e. The number of rotatable bonds is 8. The van der Waals surface area contributed by atoms with Crippen LogP contribution in [0.15, 0.2) is 54.6 Å². The predicted octanol–water partition coefficient (Wildman–Crippen LogP) is 4.59. The van der Waals surface area contributed by atoms with Gasteiger partial charge in [-0.2, -0.15) is 0 Å². The van der Waals surface area contributed by atoms with Crippen LogP contribution in [0.5, 0.6) is 5.75 Å². The van der Waals surface area contributed by atoms with E-state index in [9.17, 15) is 14.7 Å². The summed E-state index contributed by atoms with van der Waals surface area (Å²) >= 11 is 0. The minimum Gasteiger partial charge on any atom is -0.489 e. The lowest BCUT2D eigenvalue weighted by Gasteiger charge is -2.55. The summed E-state index contributed by atoms with van der Waals surface area (Å²) in [5.74, 6) is 1.68. The smallest absolute Gasteiger partial charge is 0.326 e. The molecule has 5 heteroatoms. The molecule has 0 unspecified atom stereocenters. The summed E-state index contributed by atoms with van der Waals surface area (Å²) in [6, 6.07) is 16.5. The standard InChI is InChI=1S/C27H31NO4/c29-25(30)24(28-26(31)27-14-20-10-21(15-27)12-22(11-20)16-27)13-18-6-8-23(9-7-18)32-17-19-4-2-1-3-5-19/h1-9,20-22,24H,10-17H2,(H,28,31)(H,29,30)/t20?,21?,22?,24-,27?/m1/s1. The van der Waals surface area contributed by atoms with Gasteiger partial charge in [-0.05, 0) is 79.5 Å².